The maximum atomic E-state index is 13.3. The van der Waals surface area contributed by atoms with E-state index in [1.54, 1.807) is 29.2 Å². The molecule has 1 aromatic carbocycles. The van der Waals surface area contributed by atoms with Gasteiger partial charge < -0.3 is 9.64 Å². The number of amides is 1. The first-order valence-electron chi connectivity index (χ1n) is 9.21. The van der Waals surface area contributed by atoms with Gasteiger partial charge in [0.1, 0.15) is 11.6 Å². The molecule has 0 atom stereocenters. The van der Waals surface area contributed by atoms with Gasteiger partial charge in [0.15, 0.2) is 0 Å². The van der Waals surface area contributed by atoms with Crippen molar-refractivity contribution in [2.75, 3.05) is 31.1 Å². The van der Waals surface area contributed by atoms with Gasteiger partial charge in [-0.2, -0.15) is 0 Å². The van der Waals surface area contributed by atoms with E-state index in [1.165, 1.54) is 6.92 Å². The van der Waals surface area contributed by atoms with Crippen molar-refractivity contribution in [2.24, 2.45) is 0 Å². The SMILES string of the molecule is CCN(CC)CCN(C(=O)c1ccccc1OC(C)=O)c1cccc(C)n1. The third kappa shape index (κ3) is 5.62. The molecule has 2 aromatic rings. The van der Waals surface area contributed by atoms with E-state index in [1.807, 2.05) is 25.1 Å². The Labute approximate surface area is 160 Å². The summed E-state index contributed by atoms with van der Waals surface area (Å²) in [5, 5.41) is 0. The molecule has 0 spiro atoms. The second-order valence-electron chi connectivity index (χ2n) is 6.21. The Morgan fingerprint density at radius 2 is 1.70 bits per heavy atom. The van der Waals surface area contributed by atoms with Crippen molar-refractivity contribution in [3.8, 4) is 5.75 Å². The summed E-state index contributed by atoms with van der Waals surface area (Å²) in [6, 6.07) is 12.4. The predicted octanol–water partition coefficient (Wildman–Crippen LogP) is 3.30. The second-order valence-corrected chi connectivity index (χ2v) is 6.21. The quantitative estimate of drug-likeness (QED) is 0.528. The molecule has 2 rings (SSSR count). The lowest BCUT2D eigenvalue weighted by atomic mass is 10.1. The molecule has 27 heavy (non-hydrogen) atoms. The Bertz CT molecular complexity index is 788. The van der Waals surface area contributed by atoms with Gasteiger partial charge in [0, 0.05) is 25.7 Å². The van der Waals surface area contributed by atoms with Gasteiger partial charge in [0.25, 0.3) is 5.91 Å². The smallest absolute Gasteiger partial charge is 0.308 e. The minimum absolute atomic E-state index is 0.239. The van der Waals surface area contributed by atoms with Crippen LogP contribution in [0.2, 0.25) is 0 Å². The number of esters is 1. The van der Waals surface area contributed by atoms with Crippen LogP contribution >= 0.6 is 0 Å². The Kier molecular flexibility index (Phi) is 7.49. The van der Waals surface area contributed by atoms with Gasteiger partial charge in [-0.3, -0.25) is 14.5 Å². The first-order valence-corrected chi connectivity index (χ1v) is 9.21. The highest BCUT2D eigenvalue weighted by Crippen LogP contribution is 2.23. The van der Waals surface area contributed by atoms with Crippen LogP contribution in [0.25, 0.3) is 0 Å². The highest BCUT2D eigenvalue weighted by atomic mass is 16.5. The van der Waals surface area contributed by atoms with Crippen LogP contribution in [0.15, 0.2) is 42.5 Å². The molecule has 0 saturated carbocycles. The Hall–Kier alpha value is -2.73. The van der Waals surface area contributed by atoms with Gasteiger partial charge in [0.05, 0.1) is 5.56 Å². The number of nitrogens with zero attached hydrogens (tertiary/aromatic N) is 3. The van der Waals surface area contributed by atoms with Crippen molar-refractivity contribution in [3.63, 3.8) is 0 Å². The van der Waals surface area contributed by atoms with Gasteiger partial charge in [-0.15, -0.1) is 0 Å². The standard InChI is InChI=1S/C21H27N3O3/c1-5-23(6-2)14-15-24(20-13-9-10-16(3)22-20)21(26)18-11-7-8-12-19(18)27-17(4)25/h7-13H,5-6,14-15H2,1-4H3. The normalized spacial score (nSPS) is 10.7. The van der Waals surface area contributed by atoms with E-state index in [0.29, 0.717) is 17.9 Å². The fourth-order valence-electron chi connectivity index (χ4n) is 2.81. The summed E-state index contributed by atoms with van der Waals surface area (Å²) in [5.41, 5.74) is 1.18. The van der Waals surface area contributed by atoms with Crippen LogP contribution in [-0.4, -0.2) is 47.9 Å². The molecule has 6 nitrogen and oxygen atoms in total. The molecule has 0 aliphatic carbocycles. The molecule has 144 valence electrons. The molecule has 1 amide bonds. The number of anilines is 1. The fourth-order valence-corrected chi connectivity index (χ4v) is 2.81. The van der Waals surface area contributed by atoms with E-state index in [9.17, 15) is 9.59 Å². The summed E-state index contributed by atoms with van der Waals surface area (Å²) in [6.07, 6.45) is 0. The summed E-state index contributed by atoms with van der Waals surface area (Å²) < 4.78 is 5.23. The average Bonchev–Trinajstić information content (AvgIpc) is 2.65. The molecule has 0 aliphatic rings. The zero-order chi connectivity index (χ0) is 19.8. The van der Waals surface area contributed by atoms with Crippen LogP contribution in [0, 0.1) is 6.92 Å². The molecule has 1 aromatic heterocycles. The minimum atomic E-state index is -0.460. The average molecular weight is 369 g/mol. The van der Waals surface area contributed by atoms with Gasteiger partial charge in [-0.1, -0.05) is 32.0 Å². The predicted molar refractivity (Wildman–Crippen MR) is 106 cm³/mol. The summed E-state index contributed by atoms with van der Waals surface area (Å²) in [5.74, 6) is 0.149. The van der Waals surface area contributed by atoms with Crippen molar-refractivity contribution in [2.45, 2.75) is 27.7 Å². The van der Waals surface area contributed by atoms with Crippen molar-refractivity contribution in [1.82, 2.24) is 9.88 Å². The van der Waals surface area contributed by atoms with Crippen LogP contribution in [0.3, 0.4) is 0 Å². The molecule has 0 fully saturated rings. The number of aryl methyl sites for hydroxylation is 1. The maximum absolute atomic E-state index is 13.3. The number of ether oxygens (including phenoxy) is 1. The highest BCUT2D eigenvalue weighted by molar-refractivity contribution is 6.07. The van der Waals surface area contributed by atoms with Crippen LogP contribution in [0.1, 0.15) is 36.8 Å². The van der Waals surface area contributed by atoms with Gasteiger partial charge in [0.2, 0.25) is 0 Å². The Balaban J connectivity index is 2.38. The summed E-state index contributed by atoms with van der Waals surface area (Å²) in [4.78, 5) is 33.1. The van der Waals surface area contributed by atoms with Crippen molar-refractivity contribution >= 4 is 17.7 Å². The van der Waals surface area contributed by atoms with Gasteiger partial charge in [-0.25, -0.2) is 4.98 Å². The third-order valence-electron chi connectivity index (χ3n) is 4.30. The molecule has 6 heteroatoms. The van der Waals surface area contributed by atoms with Gasteiger partial charge >= 0.3 is 5.97 Å². The van der Waals surface area contributed by atoms with Crippen molar-refractivity contribution in [1.29, 1.82) is 0 Å². The zero-order valence-corrected chi connectivity index (χ0v) is 16.4. The van der Waals surface area contributed by atoms with Crippen molar-refractivity contribution in [3.05, 3.63) is 53.7 Å². The molecule has 0 saturated heterocycles. The van der Waals surface area contributed by atoms with Crippen LogP contribution in [-0.2, 0) is 4.79 Å². The Morgan fingerprint density at radius 1 is 1.00 bits per heavy atom. The van der Waals surface area contributed by atoms with E-state index >= 15 is 0 Å². The first kappa shape index (κ1) is 20.6. The number of benzene rings is 1. The molecule has 0 N–H and O–H groups in total. The maximum Gasteiger partial charge on any atom is 0.308 e. The largest absolute Gasteiger partial charge is 0.426 e. The fraction of sp³-hybridized carbons (Fsp3) is 0.381. The van der Waals surface area contributed by atoms with E-state index < -0.39 is 5.97 Å². The molecular weight excluding hydrogens is 342 g/mol. The lowest BCUT2D eigenvalue weighted by Gasteiger charge is -2.26. The summed E-state index contributed by atoms with van der Waals surface area (Å²) >= 11 is 0. The minimum Gasteiger partial charge on any atom is -0.426 e. The van der Waals surface area contributed by atoms with Gasteiger partial charge in [-0.05, 0) is 44.3 Å². The number of rotatable bonds is 8. The molecule has 0 aliphatic heterocycles. The number of para-hydroxylation sites is 1. The zero-order valence-electron chi connectivity index (χ0n) is 16.4. The number of carbonyl (C=O) groups excluding carboxylic acids is 2. The van der Waals surface area contributed by atoms with E-state index in [0.717, 1.165) is 25.3 Å². The van der Waals surface area contributed by atoms with E-state index in [2.05, 4.69) is 23.7 Å². The monoisotopic (exact) mass is 369 g/mol. The third-order valence-corrected chi connectivity index (χ3v) is 4.30. The first-order chi connectivity index (χ1) is 13.0. The lowest BCUT2D eigenvalue weighted by molar-refractivity contribution is -0.131. The summed E-state index contributed by atoms with van der Waals surface area (Å²) in [6.45, 7) is 10.4. The lowest BCUT2D eigenvalue weighted by Crippen LogP contribution is -2.39. The Morgan fingerprint density at radius 3 is 2.33 bits per heavy atom. The van der Waals surface area contributed by atoms with Crippen LogP contribution < -0.4 is 9.64 Å². The van der Waals surface area contributed by atoms with E-state index in [4.69, 9.17) is 4.74 Å². The second kappa shape index (κ2) is 9.83. The number of pyridine rings is 1. The number of likely N-dealkylation sites (N-methyl/N-ethyl adjacent to an activating group) is 1. The topological polar surface area (TPSA) is 62.7 Å². The molecule has 1 heterocycles. The van der Waals surface area contributed by atoms with Crippen molar-refractivity contribution < 1.29 is 14.3 Å². The molecular formula is C21H27N3O3. The number of carbonyl (C=O) groups is 2. The number of hydrogen-bond acceptors (Lipinski definition) is 5. The number of hydrogen-bond donors (Lipinski definition) is 0. The summed E-state index contributed by atoms with van der Waals surface area (Å²) in [7, 11) is 0. The van der Waals surface area contributed by atoms with Crippen LogP contribution in [0.5, 0.6) is 5.75 Å². The number of aromatic nitrogens is 1. The highest BCUT2D eigenvalue weighted by Gasteiger charge is 2.23. The van der Waals surface area contributed by atoms with E-state index in [-0.39, 0.29) is 11.7 Å². The molecule has 0 bridgehead atoms. The molecule has 0 radical (unpaired) electrons. The molecule has 0 unspecified atom stereocenters. The van der Waals surface area contributed by atoms with Crippen LogP contribution in [0.4, 0.5) is 5.82 Å².